The Bertz CT molecular complexity index is 1100. The summed E-state index contributed by atoms with van der Waals surface area (Å²) in [4.78, 5) is 28.2. The van der Waals surface area contributed by atoms with Crippen molar-refractivity contribution in [2.75, 3.05) is 6.61 Å². The van der Waals surface area contributed by atoms with Crippen LogP contribution >= 0.6 is 11.8 Å². The van der Waals surface area contributed by atoms with Gasteiger partial charge in [0.05, 0.1) is 23.1 Å². The fourth-order valence-corrected chi connectivity index (χ4v) is 3.90. The zero-order chi connectivity index (χ0) is 22.0. The molecular weight excluding hydrogens is 402 g/mol. The summed E-state index contributed by atoms with van der Waals surface area (Å²) in [5, 5.41) is 8.01. The maximum Gasteiger partial charge on any atom is 0.340 e. The Balaban J connectivity index is 1.77. The van der Waals surface area contributed by atoms with Crippen LogP contribution in [-0.4, -0.2) is 38.8 Å². The van der Waals surface area contributed by atoms with Crippen molar-refractivity contribution in [3.05, 3.63) is 51.8 Å². The fraction of sp³-hybridized carbons (Fsp3) is 0.364. The lowest BCUT2D eigenvalue weighted by molar-refractivity contribution is 0.0525. The molecule has 0 radical (unpaired) electrons. The summed E-state index contributed by atoms with van der Waals surface area (Å²) in [6.07, 6.45) is 0. The number of thioether (sulfide) groups is 1. The molecule has 8 heteroatoms. The Kier molecular flexibility index (Phi) is 6.45. The van der Waals surface area contributed by atoms with Crippen LogP contribution in [0.1, 0.15) is 57.1 Å². The van der Waals surface area contributed by atoms with Crippen molar-refractivity contribution in [1.29, 1.82) is 0 Å². The number of carbonyl (C=O) groups is 2. The average Bonchev–Trinajstić information content (AvgIpc) is 3.27. The number of H-pyrrole nitrogens is 1. The third-order valence-electron chi connectivity index (χ3n) is 4.97. The minimum atomic E-state index is -0.482. The summed E-state index contributed by atoms with van der Waals surface area (Å²) < 4.78 is 10.8. The van der Waals surface area contributed by atoms with E-state index in [-0.39, 0.29) is 12.4 Å². The van der Waals surface area contributed by atoms with E-state index in [0.29, 0.717) is 33.6 Å². The average molecular weight is 428 g/mol. The maximum absolute atomic E-state index is 13.0. The van der Waals surface area contributed by atoms with Crippen LogP contribution in [0.5, 0.6) is 0 Å². The maximum atomic E-state index is 13.0. The zero-order valence-electron chi connectivity index (χ0n) is 18.0. The molecule has 0 aliphatic rings. The van der Waals surface area contributed by atoms with E-state index in [1.807, 2.05) is 32.0 Å². The van der Waals surface area contributed by atoms with Crippen molar-refractivity contribution in [3.63, 3.8) is 0 Å². The summed E-state index contributed by atoms with van der Waals surface area (Å²) >= 11 is 1.19. The van der Waals surface area contributed by atoms with Crippen LogP contribution in [0.4, 0.5) is 0 Å². The number of nitrogens with zero attached hydrogens (tertiary/aromatic N) is 2. The molecule has 0 bridgehead atoms. The topological polar surface area (TPSA) is 98.1 Å². The molecule has 3 aromatic rings. The number of rotatable bonds is 7. The van der Waals surface area contributed by atoms with Crippen molar-refractivity contribution in [2.45, 2.75) is 52.0 Å². The van der Waals surface area contributed by atoms with Gasteiger partial charge in [-0.05, 0) is 70.4 Å². The van der Waals surface area contributed by atoms with Gasteiger partial charge in [0.2, 0.25) is 5.89 Å². The number of ether oxygens (including phenoxy) is 1. The van der Waals surface area contributed by atoms with Gasteiger partial charge in [-0.3, -0.25) is 4.79 Å². The highest BCUT2D eigenvalue weighted by Crippen LogP contribution is 2.30. The van der Waals surface area contributed by atoms with Crippen LogP contribution in [0.15, 0.2) is 27.8 Å². The number of esters is 1. The van der Waals surface area contributed by atoms with Gasteiger partial charge >= 0.3 is 5.97 Å². The first-order chi connectivity index (χ1) is 14.2. The van der Waals surface area contributed by atoms with Crippen LogP contribution in [0.25, 0.3) is 11.5 Å². The third kappa shape index (κ3) is 4.33. The van der Waals surface area contributed by atoms with E-state index in [9.17, 15) is 9.59 Å². The monoisotopic (exact) mass is 427 g/mol. The number of ketones is 1. The molecule has 3 rings (SSSR count). The van der Waals surface area contributed by atoms with Crippen LogP contribution in [0.3, 0.4) is 0 Å². The lowest BCUT2D eigenvalue weighted by Gasteiger charge is -2.07. The number of hydrogen-bond donors (Lipinski definition) is 1. The molecule has 2 heterocycles. The SMILES string of the molecule is CCOC(=O)c1c(C)[nH]c(C(=O)C(C)Sc2nnc(-c3ccc(C)c(C)c3)o2)c1C. The van der Waals surface area contributed by atoms with Gasteiger partial charge in [-0.1, -0.05) is 17.8 Å². The van der Waals surface area contributed by atoms with Crippen molar-refractivity contribution < 1.29 is 18.7 Å². The molecular formula is C22H25N3O4S. The van der Waals surface area contributed by atoms with E-state index in [2.05, 4.69) is 15.2 Å². The second-order valence-electron chi connectivity index (χ2n) is 7.14. The van der Waals surface area contributed by atoms with E-state index >= 15 is 0 Å². The number of aromatic nitrogens is 3. The lowest BCUT2D eigenvalue weighted by Crippen LogP contribution is -2.15. The minimum absolute atomic E-state index is 0.151. The van der Waals surface area contributed by atoms with E-state index in [4.69, 9.17) is 9.15 Å². The largest absolute Gasteiger partial charge is 0.462 e. The number of hydrogen-bond acceptors (Lipinski definition) is 7. The van der Waals surface area contributed by atoms with E-state index in [1.165, 1.54) is 17.3 Å². The zero-order valence-corrected chi connectivity index (χ0v) is 18.8. The molecule has 0 fully saturated rings. The Morgan fingerprint density at radius 1 is 1.17 bits per heavy atom. The molecule has 0 amide bonds. The summed E-state index contributed by atoms with van der Waals surface area (Å²) in [6.45, 7) is 11.4. The number of nitrogens with one attached hydrogen (secondary N) is 1. The molecule has 1 N–H and O–H groups in total. The normalized spacial score (nSPS) is 12.1. The van der Waals surface area contributed by atoms with E-state index in [0.717, 1.165) is 11.1 Å². The van der Waals surface area contributed by atoms with Crippen LogP contribution in [-0.2, 0) is 4.74 Å². The molecule has 0 saturated heterocycles. The van der Waals surface area contributed by atoms with Gasteiger partial charge < -0.3 is 14.1 Å². The Morgan fingerprint density at radius 2 is 1.90 bits per heavy atom. The second-order valence-corrected chi connectivity index (χ2v) is 8.43. The predicted octanol–water partition coefficient (Wildman–Crippen LogP) is 4.84. The molecule has 1 aromatic carbocycles. The van der Waals surface area contributed by atoms with Crippen LogP contribution < -0.4 is 0 Å². The van der Waals surface area contributed by atoms with Crippen molar-refractivity contribution >= 4 is 23.5 Å². The quantitative estimate of drug-likeness (QED) is 0.327. The Labute approximate surface area is 179 Å². The van der Waals surface area contributed by atoms with E-state index in [1.54, 1.807) is 27.7 Å². The molecule has 1 unspecified atom stereocenters. The molecule has 1 atom stereocenters. The first-order valence-electron chi connectivity index (χ1n) is 9.71. The Morgan fingerprint density at radius 3 is 2.57 bits per heavy atom. The number of benzene rings is 1. The second kappa shape index (κ2) is 8.87. The molecule has 2 aromatic heterocycles. The fourth-order valence-electron chi connectivity index (χ4n) is 3.16. The summed E-state index contributed by atoms with van der Waals surface area (Å²) in [5.41, 5.74) is 5.17. The molecule has 30 heavy (non-hydrogen) atoms. The standard InChI is InChI=1S/C22H25N3O4S/c1-7-28-21(27)17-13(4)18(23-14(17)5)19(26)15(6)30-22-25-24-20(29-22)16-9-8-11(2)12(3)10-16/h8-10,15,23H,7H2,1-6H3. The molecule has 0 aliphatic heterocycles. The van der Waals surface area contributed by atoms with Gasteiger partial charge in [0, 0.05) is 11.3 Å². The molecule has 0 aliphatic carbocycles. The Hall–Kier alpha value is -2.87. The van der Waals surface area contributed by atoms with Crippen LogP contribution in [0.2, 0.25) is 0 Å². The number of carbonyl (C=O) groups excluding carboxylic acids is 2. The first kappa shape index (κ1) is 21.8. The number of aryl methyl sites for hydroxylation is 3. The lowest BCUT2D eigenvalue weighted by atomic mass is 10.1. The summed E-state index contributed by atoms with van der Waals surface area (Å²) in [5.74, 6) is -0.170. The highest BCUT2D eigenvalue weighted by atomic mass is 32.2. The third-order valence-corrected chi connectivity index (χ3v) is 5.90. The van der Waals surface area contributed by atoms with Gasteiger partial charge in [0.1, 0.15) is 0 Å². The number of aromatic amines is 1. The highest BCUT2D eigenvalue weighted by molar-refractivity contribution is 8.00. The first-order valence-corrected chi connectivity index (χ1v) is 10.6. The minimum Gasteiger partial charge on any atom is -0.462 e. The summed E-state index contributed by atoms with van der Waals surface area (Å²) in [6, 6.07) is 5.93. The molecule has 0 saturated carbocycles. The molecule has 158 valence electrons. The molecule has 7 nitrogen and oxygen atoms in total. The van der Waals surface area contributed by atoms with Gasteiger partial charge in [0.25, 0.3) is 5.22 Å². The number of Topliss-reactive ketones (excluding diaryl/α,β-unsaturated/α-hetero) is 1. The van der Waals surface area contributed by atoms with Crippen LogP contribution in [0, 0.1) is 27.7 Å². The van der Waals surface area contributed by atoms with Gasteiger partial charge in [-0.15, -0.1) is 10.2 Å². The molecule has 0 spiro atoms. The smallest absolute Gasteiger partial charge is 0.340 e. The van der Waals surface area contributed by atoms with Crippen molar-refractivity contribution in [3.8, 4) is 11.5 Å². The van der Waals surface area contributed by atoms with Crippen molar-refractivity contribution in [1.82, 2.24) is 15.2 Å². The van der Waals surface area contributed by atoms with Gasteiger partial charge in [-0.2, -0.15) is 0 Å². The van der Waals surface area contributed by atoms with Gasteiger partial charge in [0.15, 0.2) is 5.78 Å². The van der Waals surface area contributed by atoms with Gasteiger partial charge in [-0.25, -0.2) is 4.79 Å². The van der Waals surface area contributed by atoms with Crippen molar-refractivity contribution in [2.24, 2.45) is 0 Å². The highest BCUT2D eigenvalue weighted by Gasteiger charge is 2.27. The van der Waals surface area contributed by atoms with E-state index < -0.39 is 11.2 Å². The summed E-state index contributed by atoms with van der Waals surface area (Å²) in [7, 11) is 0. The predicted molar refractivity (Wildman–Crippen MR) is 115 cm³/mol.